The number of hydrogen-bond acceptors (Lipinski definition) is 4. The van der Waals surface area contributed by atoms with E-state index in [4.69, 9.17) is 5.11 Å². The van der Waals surface area contributed by atoms with E-state index < -0.39 is 0 Å². The second-order valence-electron chi connectivity index (χ2n) is 4.01. The van der Waals surface area contributed by atoms with Crippen molar-refractivity contribution in [2.24, 2.45) is 0 Å². The summed E-state index contributed by atoms with van der Waals surface area (Å²) in [4.78, 5) is 2.44. The first-order valence-electron chi connectivity index (χ1n) is 5.57. The lowest BCUT2D eigenvalue weighted by Crippen LogP contribution is -2.34. The quantitative estimate of drug-likeness (QED) is 0.786. The zero-order chi connectivity index (χ0) is 10.7. The van der Waals surface area contributed by atoms with Crippen LogP contribution in [0.25, 0.3) is 0 Å². The van der Waals surface area contributed by atoms with Gasteiger partial charge in [-0.15, -0.1) is 5.10 Å². The molecule has 1 fully saturated rings. The van der Waals surface area contributed by atoms with Crippen LogP contribution in [0.4, 0.5) is 0 Å². The first-order valence-corrected chi connectivity index (χ1v) is 5.57. The lowest BCUT2D eigenvalue weighted by molar-refractivity contribution is 0.186. The van der Waals surface area contributed by atoms with Crippen molar-refractivity contribution in [3.05, 3.63) is 11.9 Å². The van der Waals surface area contributed by atoms with Gasteiger partial charge in [0.2, 0.25) is 0 Å². The maximum Gasteiger partial charge on any atom is 0.108 e. The molecule has 5 heteroatoms. The molecule has 0 radical (unpaired) electrons. The first kappa shape index (κ1) is 10.6. The normalized spacial score (nSPS) is 19.6. The van der Waals surface area contributed by atoms with Crippen molar-refractivity contribution in [3.63, 3.8) is 0 Å². The highest BCUT2D eigenvalue weighted by atomic mass is 16.3. The van der Waals surface area contributed by atoms with Crippen LogP contribution in [0.2, 0.25) is 0 Å². The maximum absolute atomic E-state index is 8.91. The monoisotopic (exact) mass is 210 g/mol. The predicted octanol–water partition coefficient (Wildman–Crippen LogP) is 0.427. The second-order valence-corrected chi connectivity index (χ2v) is 4.01. The molecule has 0 aromatic carbocycles. The minimum atomic E-state index is -0.0200. The topological polar surface area (TPSA) is 54.2 Å². The van der Waals surface area contributed by atoms with Crippen molar-refractivity contribution >= 4 is 0 Å². The van der Waals surface area contributed by atoms with Crippen LogP contribution in [0.5, 0.6) is 0 Å². The van der Waals surface area contributed by atoms with E-state index >= 15 is 0 Å². The molecule has 0 atom stereocenters. The van der Waals surface area contributed by atoms with E-state index in [1.54, 1.807) is 0 Å². The molecule has 2 rings (SSSR count). The van der Waals surface area contributed by atoms with E-state index in [0.717, 1.165) is 32.5 Å². The molecule has 1 saturated heterocycles. The second kappa shape index (κ2) is 4.72. The van der Waals surface area contributed by atoms with Crippen molar-refractivity contribution in [3.8, 4) is 0 Å². The minimum Gasteiger partial charge on any atom is -0.390 e. The fourth-order valence-electron chi connectivity index (χ4n) is 2.06. The van der Waals surface area contributed by atoms with Crippen LogP contribution in [-0.4, -0.2) is 44.6 Å². The Morgan fingerprint density at radius 2 is 2.20 bits per heavy atom. The lowest BCUT2D eigenvalue weighted by atomic mass is 10.1. The third-order valence-corrected chi connectivity index (χ3v) is 3.10. The zero-order valence-corrected chi connectivity index (χ0v) is 9.13. The third kappa shape index (κ3) is 2.35. The summed E-state index contributed by atoms with van der Waals surface area (Å²) in [7, 11) is 0. The third-order valence-electron chi connectivity index (χ3n) is 3.10. The number of likely N-dealkylation sites (tertiary alicyclic amines) is 1. The average molecular weight is 210 g/mol. The molecule has 0 aliphatic carbocycles. The number of aromatic nitrogens is 3. The zero-order valence-electron chi connectivity index (χ0n) is 9.13. The first-order chi connectivity index (χ1) is 7.33. The molecule has 84 valence electrons. The van der Waals surface area contributed by atoms with Crippen molar-refractivity contribution in [2.75, 3.05) is 19.6 Å². The van der Waals surface area contributed by atoms with Gasteiger partial charge in [0.05, 0.1) is 18.8 Å². The highest BCUT2D eigenvalue weighted by molar-refractivity contribution is 4.91. The number of aliphatic hydroxyl groups is 1. The largest absolute Gasteiger partial charge is 0.390 e. The van der Waals surface area contributed by atoms with Gasteiger partial charge in [-0.05, 0) is 19.4 Å². The van der Waals surface area contributed by atoms with Crippen molar-refractivity contribution in [1.82, 2.24) is 19.9 Å². The Morgan fingerprint density at radius 1 is 1.47 bits per heavy atom. The molecule has 1 aromatic heterocycles. The van der Waals surface area contributed by atoms with Gasteiger partial charge in [0.1, 0.15) is 5.69 Å². The van der Waals surface area contributed by atoms with E-state index in [1.165, 1.54) is 0 Å². The summed E-state index contributed by atoms with van der Waals surface area (Å²) in [6, 6.07) is 0.459. The number of piperidine rings is 1. The Morgan fingerprint density at radius 3 is 2.73 bits per heavy atom. The van der Waals surface area contributed by atoms with Crippen LogP contribution in [-0.2, 0) is 6.61 Å². The lowest BCUT2D eigenvalue weighted by Gasteiger charge is -2.30. The Hall–Kier alpha value is -0.940. The summed E-state index contributed by atoms with van der Waals surface area (Å²) in [5.74, 6) is 0. The molecule has 0 spiro atoms. The number of hydrogen-bond donors (Lipinski definition) is 1. The van der Waals surface area contributed by atoms with Gasteiger partial charge in [-0.1, -0.05) is 12.1 Å². The van der Waals surface area contributed by atoms with Crippen LogP contribution in [0.3, 0.4) is 0 Å². The highest BCUT2D eigenvalue weighted by Gasteiger charge is 2.20. The molecule has 15 heavy (non-hydrogen) atoms. The molecule has 2 heterocycles. The molecule has 0 unspecified atom stereocenters. The molecule has 0 bridgehead atoms. The van der Waals surface area contributed by atoms with Crippen LogP contribution in [0, 0.1) is 0 Å². The van der Waals surface area contributed by atoms with Gasteiger partial charge in [0.25, 0.3) is 0 Å². The van der Waals surface area contributed by atoms with Gasteiger partial charge < -0.3 is 10.0 Å². The molecule has 0 saturated carbocycles. The Kier molecular flexibility index (Phi) is 3.33. The summed E-state index contributed by atoms with van der Waals surface area (Å²) in [6.07, 6.45) is 4.11. The van der Waals surface area contributed by atoms with Crippen molar-refractivity contribution < 1.29 is 5.11 Å². The highest BCUT2D eigenvalue weighted by Crippen LogP contribution is 2.21. The number of aliphatic hydroxyl groups excluding tert-OH is 1. The molecule has 5 nitrogen and oxygen atoms in total. The van der Waals surface area contributed by atoms with E-state index in [-0.39, 0.29) is 6.61 Å². The summed E-state index contributed by atoms with van der Waals surface area (Å²) in [5, 5.41) is 16.9. The van der Waals surface area contributed by atoms with Gasteiger partial charge in [0.15, 0.2) is 0 Å². The van der Waals surface area contributed by atoms with E-state index in [9.17, 15) is 0 Å². The van der Waals surface area contributed by atoms with Crippen LogP contribution in [0.1, 0.15) is 31.5 Å². The van der Waals surface area contributed by atoms with Crippen LogP contribution >= 0.6 is 0 Å². The Bertz CT molecular complexity index is 304. The summed E-state index contributed by atoms with van der Waals surface area (Å²) >= 11 is 0. The van der Waals surface area contributed by atoms with E-state index in [2.05, 4.69) is 22.1 Å². The fraction of sp³-hybridized carbons (Fsp3) is 0.800. The smallest absolute Gasteiger partial charge is 0.108 e. The Labute approximate surface area is 89.7 Å². The number of rotatable bonds is 3. The molecule has 1 aliphatic rings. The predicted molar refractivity (Wildman–Crippen MR) is 56.3 cm³/mol. The SMILES string of the molecule is CCN1CCC(n2cc(CO)nn2)CC1. The van der Waals surface area contributed by atoms with Gasteiger partial charge in [-0.2, -0.15) is 0 Å². The molecule has 0 amide bonds. The summed E-state index contributed by atoms with van der Waals surface area (Å²) in [5.41, 5.74) is 0.660. The average Bonchev–Trinajstić information content (AvgIpc) is 2.78. The van der Waals surface area contributed by atoms with E-state index in [1.807, 2.05) is 10.9 Å². The summed E-state index contributed by atoms with van der Waals surface area (Å²) < 4.78 is 1.90. The standard InChI is InChI=1S/C10H18N4O/c1-2-13-5-3-10(4-6-13)14-7-9(8-15)11-12-14/h7,10,15H,2-6,8H2,1H3. The van der Waals surface area contributed by atoms with E-state index in [0.29, 0.717) is 11.7 Å². The minimum absolute atomic E-state index is 0.0200. The van der Waals surface area contributed by atoms with Crippen molar-refractivity contribution in [2.45, 2.75) is 32.4 Å². The van der Waals surface area contributed by atoms with Gasteiger partial charge in [0, 0.05) is 13.1 Å². The molecular formula is C10H18N4O. The summed E-state index contributed by atoms with van der Waals surface area (Å²) in [6.45, 7) is 5.57. The Balaban J connectivity index is 1.95. The molecule has 1 N–H and O–H groups in total. The van der Waals surface area contributed by atoms with Gasteiger partial charge in [-0.3, -0.25) is 0 Å². The maximum atomic E-state index is 8.91. The molecular weight excluding hydrogens is 192 g/mol. The molecule has 1 aromatic rings. The molecule has 1 aliphatic heterocycles. The van der Waals surface area contributed by atoms with Crippen LogP contribution < -0.4 is 0 Å². The van der Waals surface area contributed by atoms with Gasteiger partial charge in [-0.25, -0.2) is 4.68 Å². The van der Waals surface area contributed by atoms with Crippen LogP contribution in [0.15, 0.2) is 6.20 Å². The fourth-order valence-corrected chi connectivity index (χ4v) is 2.06. The number of nitrogens with zero attached hydrogens (tertiary/aromatic N) is 4. The van der Waals surface area contributed by atoms with Crippen molar-refractivity contribution in [1.29, 1.82) is 0 Å². The van der Waals surface area contributed by atoms with Gasteiger partial charge >= 0.3 is 0 Å².